The fourth-order valence-corrected chi connectivity index (χ4v) is 5.32. The zero-order valence-electron chi connectivity index (χ0n) is 16.3. The molecule has 3 aliphatic heterocycles. The van der Waals surface area contributed by atoms with Gasteiger partial charge in [-0.25, -0.2) is 4.39 Å². The first-order chi connectivity index (χ1) is 14.3. The number of nitrogens with one attached hydrogen (secondary N) is 1. The van der Waals surface area contributed by atoms with Gasteiger partial charge in [-0.3, -0.25) is 0 Å². The fraction of sp³-hybridized carbons (Fsp3) is 0.455. The predicted octanol–water partition coefficient (Wildman–Crippen LogP) is 3.83. The van der Waals surface area contributed by atoms with Gasteiger partial charge in [-0.1, -0.05) is 12.1 Å². The van der Waals surface area contributed by atoms with Crippen molar-refractivity contribution in [3.05, 3.63) is 58.4 Å². The van der Waals surface area contributed by atoms with Crippen LogP contribution in [0.15, 0.2) is 30.3 Å². The average molecular weight is 421 g/mol. The lowest BCUT2D eigenvalue weighted by Gasteiger charge is -2.38. The Bertz CT molecular complexity index is 978. The summed E-state index contributed by atoms with van der Waals surface area (Å²) in [5.74, 6) is -0.934. The number of nitrogens with zero attached hydrogens (tertiary/aromatic N) is 1. The number of piperidine rings is 1. The van der Waals surface area contributed by atoms with Gasteiger partial charge in [0.2, 0.25) is 0 Å². The summed E-state index contributed by atoms with van der Waals surface area (Å²) < 4.78 is 60.2. The molecule has 2 aromatic carbocycles. The molecule has 0 bridgehead atoms. The van der Waals surface area contributed by atoms with Crippen LogP contribution in [-0.2, 0) is 23.9 Å². The molecule has 4 nitrogen and oxygen atoms in total. The molecule has 1 fully saturated rings. The molecule has 3 atom stereocenters. The molecule has 8 heteroatoms. The molecule has 30 heavy (non-hydrogen) atoms. The van der Waals surface area contributed by atoms with Crippen LogP contribution in [0.2, 0.25) is 0 Å². The number of halogens is 4. The van der Waals surface area contributed by atoms with E-state index in [-0.39, 0.29) is 30.0 Å². The molecule has 0 saturated carbocycles. The van der Waals surface area contributed by atoms with E-state index in [4.69, 9.17) is 10.5 Å². The van der Waals surface area contributed by atoms with Crippen molar-refractivity contribution in [1.29, 1.82) is 0 Å². The third kappa shape index (κ3) is 3.13. The summed E-state index contributed by atoms with van der Waals surface area (Å²) in [4.78, 5) is 2.28. The second-order valence-electron chi connectivity index (χ2n) is 8.34. The molecule has 160 valence electrons. The lowest BCUT2D eigenvalue weighted by molar-refractivity contribution is -0.140. The largest absolute Gasteiger partial charge is 0.419 e. The van der Waals surface area contributed by atoms with E-state index in [1.165, 1.54) is 12.1 Å². The number of hydrogen-bond donors (Lipinski definition) is 2. The van der Waals surface area contributed by atoms with Gasteiger partial charge in [0.05, 0.1) is 24.8 Å². The van der Waals surface area contributed by atoms with Gasteiger partial charge in [0.15, 0.2) is 0 Å². The lowest BCUT2D eigenvalue weighted by Crippen LogP contribution is -2.50. The molecule has 3 aliphatic rings. The van der Waals surface area contributed by atoms with Gasteiger partial charge in [-0.15, -0.1) is 0 Å². The van der Waals surface area contributed by atoms with Gasteiger partial charge >= 0.3 is 6.18 Å². The Morgan fingerprint density at radius 3 is 2.87 bits per heavy atom. The first-order valence-electron chi connectivity index (χ1n) is 10.2. The summed E-state index contributed by atoms with van der Waals surface area (Å²) in [6.45, 7) is 2.39. The Labute approximate surface area is 172 Å². The Hall–Kier alpha value is -2.32. The summed E-state index contributed by atoms with van der Waals surface area (Å²) in [6, 6.07) is 7.35. The molecular weight excluding hydrogens is 398 g/mol. The van der Waals surface area contributed by atoms with Crippen LogP contribution in [0.25, 0.3) is 0 Å². The van der Waals surface area contributed by atoms with Crippen molar-refractivity contribution >= 4 is 11.4 Å². The van der Waals surface area contributed by atoms with Crippen LogP contribution < -0.4 is 16.0 Å². The topological polar surface area (TPSA) is 50.5 Å². The van der Waals surface area contributed by atoms with E-state index < -0.39 is 17.6 Å². The summed E-state index contributed by atoms with van der Waals surface area (Å²) >= 11 is 0. The van der Waals surface area contributed by atoms with Crippen LogP contribution in [-0.4, -0.2) is 31.8 Å². The monoisotopic (exact) mass is 421 g/mol. The van der Waals surface area contributed by atoms with Crippen molar-refractivity contribution in [2.75, 3.05) is 30.3 Å². The number of anilines is 2. The molecule has 5 rings (SSSR count). The maximum atomic E-state index is 14.7. The van der Waals surface area contributed by atoms with E-state index >= 15 is 0 Å². The SMILES string of the molecule is Nc1cc2c3c(c1)C1CNCCC1N3C(Cc1cccc(C(F)(F)F)c1F)COC2. The number of rotatable bonds is 2. The van der Waals surface area contributed by atoms with Crippen LogP contribution in [0, 0.1) is 5.82 Å². The van der Waals surface area contributed by atoms with Gasteiger partial charge in [0.1, 0.15) is 5.82 Å². The molecular formula is C22H23F4N3O. The number of nitrogen functional groups attached to an aromatic ring is 1. The molecule has 0 aliphatic carbocycles. The highest BCUT2D eigenvalue weighted by molar-refractivity contribution is 5.72. The number of fused-ring (bicyclic) bond motifs is 3. The standard InChI is InChI=1S/C22H23F4N3O/c23-20-12(2-1-3-18(20)22(24,25)26)7-15-11-30-10-13-6-14(27)8-16-17-9-28-5-4-19(17)29(15)21(13)16/h1-3,6,8,15,17,19,28H,4-5,7,9-11,27H2. The van der Waals surface area contributed by atoms with Crippen molar-refractivity contribution in [2.24, 2.45) is 0 Å². The first-order valence-corrected chi connectivity index (χ1v) is 10.2. The molecule has 1 saturated heterocycles. The summed E-state index contributed by atoms with van der Waals surface area (Å²) in [6.07, 6.45) is -3.67. The van der Waals surface area contributed by atoms with Gasteiger partial charge in [-0.2, -0.15) is 13.2 Å². The van der Waals surface area contributed by atoms with E-state index in [0.717, 1.165) is 42.4 Å². The third-order valence-corrected chi connectivity index (χ3v) is 6.50. The van der Waals surface area contributed by atoms with Crippen LogP contribution >= 0.6 is 0 Å². The maximum Gasteiger partial charge on any atom is 0.419 e. The average Bonchev–Trinajstić information content (AvgIpc) is 2.90. The van der Waals surface area contributed by atoms with Crippen LogP contribution in [0.4, 0.5) is 28.9 Å². The van der Waals surface area contributed by atoms with Crippen molar-refractivity contribution in [3.63, 3.8) is 0 Å². The number of alkyl halides is 3. The van der Waals surface area contributed by atoms with Crippen molar-refractivity contribution < 1.29 is 22.3 Å². The molecule has 0 radical (unpaired) electrons. The van der Waals surface area contributed by atoms with E-state index in [2.05, 4.69) is 10.2 Å². The highest BCUT2D eigenvalue weighted by atomic mass is 19.4. The number of benzene rings is 2. The van der Waals surface area contributed by atoms with Crippen LogP contribution in [0.5, 0.6) is 0 Å². The smallest absolute Gasteiger partial charge is 0.399 e. The number of nitrogens with two attached hydrogens (primary N) is 1. The van der Waals surface area contributed by atoms with E-state index in [0.29, 0.717) is 18.9 Å². The summed E-state index contributed by atoms with van der Waals surface area (Å²) in [5, 5.41) is 3.43. The van der Waals surface area contributed by atoms with Gasteiger partial charge in [0, 0.05) is 35.4 Å². The molecule has 3 unspecified atom stereocenters. The quantitative estimate of drug-likeness (QED) is 0.572. The summed E-state index contributed by atoms with van der Waals surface area (Å²) in [7, 11) is 0. The minimum atomic E-state index is -4.72. The molecule has 0 spiro atoms. The predicted molar refractivity (Wildman–Crippen MR) is 106 cm³/mol. The Morgan fingerprint density at radius 2 is 2.07 bits per heavy atom. The van der Waals surface area contributed by atoms with Gasteiger partial charge in [0.25, 0.3) is 0 Å². The zero-order chi connectivity index (χ0) is 21.0. The lowest BCUT2D eigenvalue weighted by atomic mass is 9.89. The molecule has 3 heterocycles. The van der Waals surface area contributed by atoms with E-state index in [1.54, 1.807) is 0 Å². The Balaban J connectivity index is 1.56. The van der Waals surface area contributed by atoms with Gasteiger partial charge in [-0.05, 0) is 48.7 Å². The number of hydrogen-bond acceptors (Lipinski definition) is 4. The first kappa shape index (κ1) is 19.6. The Kier molecular flexibility index (Phi) is 4.67. The van der Waals surface area contributed by atoms with Gasteiger partial charge < -0.3 is 20.7 Å². The number of ether oxygens (including phenoxy) is 1. The van der Waals surface area contributed by atoms with Crippen molar-refractivity contribution in [3.8, 4) is 0 Å². The molecule has 0 aromatic heterocycles. The van der Waals surface area contributed by atoms with Crippen LogP contribution in [0.3, 0.4) is 0 Å². The Morgan fingerprint density at radius 1 is 1.23 bits per heavy atom. The molecule has 0 amide bonds. The minimum Gasteiger partial charge on any atom is -0.399 e. The van der Waals surface area contributed by atoms with Crippen molar-refractivity contribution in [1.82, 2.24) is 5.32 Å². The second kappa shape index (κ2) is 7.13. The van der Waals surface area contributed by atoms with E-state index in [1.807, 2.05) is 12.1 Å². The highest BCUT2D eigenvalue weighted by Crippen LogP contribution is 2.49. The second-order valence-corrected chi connectivity index (χ2v) is 8.34. The van der Waals surface area contributed by atoms with Crippen LogP contribution in [0.1, 0.15) is 34.6 Å². The maximum absolute atomic E-state index is 14.7. The third-order valence-electron chi connectivity index (χ3n) is 6.50. The van der Waals surface area contributed by atoms with E-state index in [9.17, 15) is 17.6 Å². The zero-order valence-corrected chi connectivity index (χ0v) is 16.3. The highest BCUT2D eigenvalue weighted by Gasteiger charge is 2.45. The minimum absolute atomic E-state index is 0.0660. The molecule has 2 aromatic rings. The van der Waals surface area contributed by atoms with Crippen molar-refractivity contribution in [2.45, 2.75) is 43.6 Å². The fourth-order valence-electron chi connectivity index (χ4n) is 5.32. The molecule has 3 N–H and O–H groups in total. The summed E-state index contributed by atoms with van der Waals surface area (Å²) in [5.41, 5.74) is 8.88. The normalized spacial score (nSPS) is 25.6.